The number of hydrogen-bond acceptors (Lipinski definition) is 7. The van der Waals surface area contributed by atoms with E-state index < -0.39 is 0 Å². The lowest BCUT2D eigenvalue weighted by Crippen LogP contribution is -2.04. The molecule has 0 aromatic heterocycles. The minimum atomic E-state index is 0.181. The standard InChI is InChI=1S/C6H12N2O2S3/c9-1-3-11-6-7-8(5-12-6)13-4-2-10/h9-10H,1-5H2. The molecule has 0 saturated carbocycles. The SMILES string of the molecule is OCCSC1=NN(SCCO)CS1. The van der Waals surface area contributed by atoms with Crippen molar-refractivity contribution in [3.05, 3.63) is 0 Å². The molecule has 0 bridgehead atoms. The molecule has 76 valence electrons. The Morgan fingerprint density at radius 2 is 2.15 bits per heavy atom. The molecule has 1 rings (SSSR count). The molecule has 2 N–H and O–H groups in total. The topological polar surface area (TPSA) is 56.1 Å². The minimum Gasteiger partial charge on any atom is -0.396 e. The largest absolute Gasteiger partial charge is 0.396 e. The van der Waals surface area contributed by atoms with Crippen LogP contribution in [0, 0.1) is 0 Å². The minimum absolute atomic E-state index is 0.181. The molecule has 1 heterocycles. The third kappa shape index (κ3) is 4.46. The lowest BCUT2D eigenvalue weighted by atomic mass is 10.9. The number of hydrogen-bond donors (Lipinski definition) is 2. The van der Waals surface area contributed by atoms with Gasteiger partial charge in [0.25, 0.3) is 0 Å². The summed E-state index contributed by atoms with van der Waals surface area (Å²) in [6.07, 6.45) is 0. The molecule has 0 saturated heterocycles. The number of nitrogens with zero attached hydrogens (tertiary/aromatic N) is 2. The van der Waals surface area contributed by atoms with E-state index in [9.17, 15) is 0 Å². The van der Waals surface area contributed by atoms with Crippen LogP contribution in [-0.2, 0) is 0 Å². The maximum Gasteiger partial charge on any atom is 0.153 e. The predicted octanol–water partition coefficient (Wildman–Crippen LogP) is 0.630. The summed E-state index contributed by atoms with van der Waals surface area (Å²) < 4.78 is 2.86. The van der Waals surface area contributed by atoms with Crippen LogP contribution in [0.5, 0.6) is 0 Å². The van der Waals surface area contributed by atoms with Crippen molar-refractivity contribution < 1.29 is 10.2 Å². The molecule has 0 aliphatic carbocycles. The van der Waals surface area contributed by atoms with E-state index in [0.29, 0.717) is 11.5 Å². The highest BCUT2D eigenvalue weighted by Crippen LogP contribution is 2.29. The quantitative estimate of drug-likeness (QED) is 0.688. The molecule has 0 unspecified atom stereocenters. The second kappa shape index (κ2) is 6.83. The summed E-state index contributed by atoms with van der Waals surface area (Å²) >= 11 is 4.75. The van der Waals surface area contributed by atoms with Crippen LogP contribution in [0.15, 0.2) is 5.10 Å². The zero-order valence-corrected chi connectivity index (χ0v) is 9.50. The van der Waals surface area contributed by atoms with Gasteiger partial charge in [0.1, 0.15) is 5.88 Å². The first-order valence-electron chi connectivity index (χ1n) is 3.83. The van der Waals surface area contributed by atoms with Crippen molar-refractivity contribution in [2.75, 3.05) is 30.6 Å². The molecule has 1 aliphatic rings. The third-order valence-corrected chi connectivity index (χ3v) is 4.30. The number of thioether (sulfide) groups is 2. The first-order chi connectivity index (χ1) is 6.36. The highest BCUT2D eigenvalue weighted by atomic mass is 32.2. The second-order valence-electron chi connectivity index (χ2n) is 2.12. The van der Waals surface area contributed by atoms with Gasteiger partial charge in [-0.3, -0.25) is 0 Å². The van der Waals surface area contributed by atoms with Gasteiger partial charge in [0.2, 0.25) is 0 Å². The predicted molar refractivity (Wildman–Crippen MR) is 60.8 cm³/mol. The van der Waals surface area contributed by atoms with Crippen molar-refractivity contribution in [2.45, 2.75) is 0 Å². The molecule has 0 aromatic rings. The summed E-state index contributed by atoms with van der Waals surface area (Å²) in [5.41, 5.74) is 0. The van der Waals surface area contributed by atoms with Crippen molar-refractivity contribution in [2.24, 2.45) is 5.10 Å². The van der Waals surface area contributed by atoms with E-state index in [1.54, 1.807) is 23.5 Å². The van der Waals surface area contributed by atoms with Crippen LogP contribution in [-0.4, -0.2) is 49.6 Å². The molecule has 0 spiro atoms. The summed E-state index contributed by atoms with van der Waals surface area (Å²) in [6.45, 7) is 0.370. The number of aliphatic hydroxyl groups is 2. The van der Waals surface area contributed by atoms with Crippen LogP contribution < -0.4 is 0 Å². The highest BCUT2D eigenvalue weighted by Gasteiger charge is 2.15. The van der Waals surface area contributed by atoms with Gasteiger partial charge in [0.05, 0.1) is 13.2 Å². The van der Waals surface area contributed by atoms with E-state index in [2.05, 4.69) is 5.10 Å². The van der Waals surface area contributed by atoms with E-state index in [0.717, 1.165) is 10.3 Å². The second-order valence-corrected chi connectivity index (χ2v) is 5.48. The maximum atomic E-state index is 8.60. The van der Waals surface area contributed by atoms with Gasteiger partial charge in [-0.15, -0.1) is 0 Å². The molecule has 7 heteroatoms. The Morgan fingerprint density at radius 1 is 1.38 bits per heavy atom. The molecule has 0 aromatic carbocycles. The van der Waals surface area contributed by atoms with Gasteiger partial charge in [-0.05, 0) is 11.9 Å². The van der Waals surface area contributed by atoms with Crippen LogP contribution in [0.4, 0.5) is 0 Å². The third-order valence-electron chi connectivity index (χ3n) is 1.14. The van der Waals surface area contributed by atoms with Crippen molar-refractivity contribution in [3.8, 4) is 0 Å². The lowest BCUT2D eigenvalue weighted by molar-refractivity contribution is 0.321. The molecule has 1 aliphatic heterocycles. The van der Waals surface area contributed by atoms with Gasteiger partial charge < -0.3 is 10.2 Å². The van der Waals surface area contributed by atoms with Gasteiger partial charge in [-0.25, -0.2) is 4.41 Å². The summed E-state index contributed by atoms with van der Waals surface area (Å²) in [5.74, 6) is 2.21. The Balaban J connectivity index is 2.18. The number of hydrazone groups is 1. The van der Waals surface area contributed by atoms with E-state index in [4.69, 9.17) is 10.2 Å². The van der Waals surface area contributed by atoms with Gasteiger partial charge >= 0.3 is 0 Å². The van der Waals surface area contributed by atoms with E-state index in [1.807, 2.05) is 4.41 Å². The molecule has 0 radical (unpaired) electrons. The van der Waals surface area contributed by atoms with Crippen LogP contribution in [0.2, 0.25) is 0 Å². The maximum absolute atomic E-state index is 8.60. The van der Waals surface area contributed by atoms with Crippen LogP contribution in [0.1, 0.15) is 0 Å². The fourth-order valence-corrected chi connectivity index (χ4v) is 3.27. The van der Waals surface area contributed by atoms with Crippen molar-refractivity contribution in [3.63, 3.8) is 0 Å². The first kappa shape index (κ1) is 11.5. The molecule has 13 heavy (non-hydrogen) atoms. The average molecular weight is 240 g/mol. The van der Waals surface area contributed by atoms with Crippen molar-refractivity contribution >= 4 is 39.8 Å². The fourth-order valence-electron chi connectivity index (χ4n) is 0.675. The number of aliphatic hydroxyl groups excluding tert-OH is 2. The van der Waals surface area contributed by atoms with Crippen LogP contribution in [0.3, 0.4) is 0 Å². The fraction of sp³-hybridized carbons (Fsp3) is 0.833. The molecule has 4 nitrogen and oxygen atoms in total. The Hall–Kier alpha value is 0.440. The Morgan fingerprint density at radius 3 is 2.85 bits per heavy atom. The highest BCUT2D eigenvalue weighted by molar-refractivity contribution is 8.39. The summed E-state index contributed by atoms with van der Waals surface area (Å²) in [4.78, 5) is 0. The molecule has 0 amide bonds. The van der Waals surface area contributed by atoms with Gasteiger partial charge in [0.15, 0.2) is 4.38 Å². The zero-order chi connectivity index (χ0) is 9.52. The lowest BCUT2D eigenvalue weighted by Gasteiger charge is -2.08. The van der Waals surface area contributed by atoms with E-state index in [-0.39, 0.29) is 13.2 Å². The summed E-state index contributed by atoms with van der Waals surface area (Å²) in [5, 5.41) is 21.5. The Bertz CT molecular complexity index is 179. The van der Waals surface area contributed by atoms with Crippen molar-refractivity contribution in [1.82, 2.24) is 4.41 Å². The van der Waals surface area contributed by atoms with Gasteiger partial charge in [0, 0.05) is 11.5 Å². The Kier molecular flexibility index (Phi) is 6.05. The first-order valence-corrected chi connectivity index (χ1v) is 6.74. The smallest absolute Gasteiger partial charge is 0.153 e. The van der Waals surface area contributed by atoms with E-state index >= 15 is 0 Å². The van der Waals surface area contributed by atoms with Crippen LogP contribution >= 0.6 is 35.5 Å². The normalized spacial score (nSPS) is 16.5. The monoisotopic (exact) mass is 240 g/mol. The molecular formula is C6H12N2O2S3. The van der Waals surface area contributed by atoms with Gasteiger partial charge in [-0.1, -0.05) is 23.5 Å². The summed E-state index contributed by atoms with van der Waals surface area (Å²) in [7, 11) is 0. The van der Waals surface area contributed by atoms with Gasteiger partial charge in [-0.2, -0.15) is 5.10 Å². The Labute approximate surface area is 90.3 Å². The molecule has 0 atom stereocenters. The molecule has 0 fully saturated rings. The average Bonchev–Trinajstić information content (AvgIpc) is 2.59. The van der Waals surface area contributed by atoms with Crippen molar-refractivity contribution in [1.29, 1.82) is 0 Å². The zero-order valence-electron chi connectivity index (χ0n) is 7.05. The van der Waals surface area contributed by atoms with Crippen LogP contribution in [0.25, 0.3) is 0 Å². The molecular weight excluding hydrogens is 228 g/mol. The summed E-state index contributed by atoms with van der Waals surface area (Å²) in [6, 6.07) is 0. The number of rotatable bonds is 5. The van der Waals surface area contributed by atoms with E-state index in [1.165, 1.54) is 11.9 Å².